The van der Waals surface area contributed by atoms with Crippen LogP contribution in [-0.4, -0.2) is 52.8 Å². The molecule has 10 nitrogen and oxygen atoms in total. The van der Waals surface area contributed by atoms with Crippen LogP contribution in [0.3, 0.4) is 0 Å². The van der Waals surface area contributed by atoms with Gasteiger partial charge in [0, 0.05) is 11.8 Å². The minimum atomic E-state index is -3.44. The summed E-state index contributed by atoms with van der Waals surface area (Å²) in [5.41, 5.74) is -0.203. The zero-order valence-electron chi connectivity index (χ0n) is 16.9. The molecule has 0 saturated carbocycles. The predicted molar refractivity (Wildman–Crippen MR) is 111 cm³/mol. The lowest BCUT2D eigenvalue weighted by Crippen LogP contribution is -2.32. The van der Waals surface area contributed by atoms with Gasteiger partial charge in [-0.05, 0) is 32.0 Å². The molecule has 11 heteroatoms. The Bertz CT molecular complexity index is 910. The summed E-state index contributed by atoms with van der Waals surface area (Å²) in [7, 11) is -3.44. The van der Waals surface area contributed by atoms with E-state index in [1.54, 1.807) is 44.2 Å². The van der Waals surface area contributed by atoms with Gasteiger partial charge in [0.05, 0.1) is 32.5 Å². The second-order valence-corrected chi connectivity index (χ2v) is 8.11. The monoisotopic (exact) mass is 439 g/mol. The standard InChI is InChI=1S/C19H26N3O7P/c1-3-28-30(26,29-4-2)14-27-16(13-23)12-22-11-10-17(21-19(22)25)20-18(24)15-8-6-5-7-9-15/h5-11,16,23H,3-4,12-14H2,1-2H3,(H,20,21,24,25)/t16-/m1/s1. The SMILES string of the molecule is CCOP(=O)(CO[C@@H](CO)Cn1ccc(NC(=O)c2ccccc2)nc1=O)OCC. The number of carbonyl (C=O) groups is 1. The third-order valence-electron chi connectivity index (χ3n) is 3.88. The minimum Gasteiger partial charge on any atom is -0.394 e. The van der Waals surface area contributed by atoms with Crippen molar-refractivity contribution in [1.29, 1.82) is 0 Å². The number of rotatable bonds is 12. The normalized spacial score (nSPS) is 12.5. The van der Waals surface area contributed by atoms with Crippen molar-refractivity contribution < 1.29 is 28.3 Å². The summed E-state index contributed by atoms with van der Waals surface area (Å²) in [5.74, 6) is -0.289. The molecule has 0 spiro atoms. The number of carbonyl (C=O) groups excluding carboxylic acids is 1. The van der Waals surface area contributed by atoms with Gasteiger partial charge in [-0.2, -0.15) is 4.98 Å². The first-order valence-corrected chi connectivity index (χ1v) is 11.2. The number of aliphatic hydroxyl groups is 1. The minimum absolute atomic E-state index is 0.0342. The molecule has 0 saturated heterocycles. The van der Waals surface area contributed by atoms with Crippen molar-refractivity contribution in [3.63, 3.8) is 0 Å². The molecule has 1 aromatic heterocycles. The molecule has 0 aliphatic rings. The van der Waals surface area contributed by atoms with Crippen LogP contribution in [-0.2, 0) is 24.9 Å². The van der Waals surface area contributed by atoms with Crippen molar-refractivity contribution in [2.45, 2.75) is 26.5 Å². The van der Waals surface area contributed by atoms with Gasteiger partial charge in [-0.1, -0.05) is 18.2 Å². The number of benzene rings is 1. The Morgan fingerprint density at radius 1 is 1.20 bits per heavy atom. The zero-order valence-corrected chi connectivity index (χ0v) is 17.8. The molecule has 0 fully saturated rings. The third kappa shape index (κ3) is 7.16. The summed E-state index contributed by atoms with van der Waals surface area (Å²) < 4.78 is 29.4. The van der Waals surface area contributed by atoms with E-state index in [2.05, 4.69) is 10.3 Å². The van der Waals surface area contributed by atoms with Crippen LogP contribution in [0.4, 0.5) is 5.82 Å². The van der Waals surface area contributed by atoms with Crippen LogP contribution in [0.25, 0.3) is 0 Å². The van der Waals surface area contributed by atoms with Crippen LogP contribution in [0.1, 0.15) is 24.2 Å². The lowest BCUT2D eigenvalue weighted by Gasteiger charge is -2.21. The number of ether oxygens (including phenoxy) is 1. The van der Waals surface area contributed by atoms with E-state index in [-0.39, 0.29) is 37.8 Å². The molecule has 1 heterocycles. The van der Waals surface area contributed by atoms with Gasteiger partial charge in [-0.3, -0.25) is 13.9 Å². The third-order valence-corrected chi connectivity index (χ3v) is 5.64. The van der Waals surface area contributed by atoms with Crippen molar-refractivity contribution >= 4 is 19.3 Å². The van der Waals surface area contributed by atoms with E-state index < -0.39 is 26.0 Å². The number of amides is 1. The van der Waals surface area contributed by atoms with E-state index >= 15 is 0 Å². The molecule has 30 heavy (non-hydrogen) atoms. The molecule has 1 atom stereocenters. The van der Waals surface area contributed by atoms with E-state index in [1.165, 1.54) is 16.8 Å². The predicted octanol–water partition coefficient (Wildman–Crippen LogP) is 2.10. The molecule has 0 bridgehead atoms. The van der Waals surface area contributed by atoms with Gasteiger partial charge >= 0.3 is 13.3 Å². The molecule has 1 amide bonds. The lowest BCUT2D eigenvalue weighted by molar-refractivity contribution is 0.0148. The highest BCUT2D eigenvalue weighted by molar-refractivity contribution is 7.53. The first-order chi connectivity index (χ1) is 14.4. The van der Waals surface area contributed by atoms with Gasteiger partial charge in [-0.15, -0.1) is 0 Å². The van der Waals surface area contributed by atoms with Crippen LogP contribution in [0.5, 0.6) is 0 Å². The zero-order chi connectivity index (χ0) is 22.0. The Balaban J connectivity index is 2.00. The average molecular weight is 439 g/mol. The molecule has 1 aromatic carbocycles. The Morgan fingerprint density at radius 3 is 2.43 bits per heavy atom. The van der Waals surface area contributed by atoms with E-state index in [0.717, 1.165) is 0 Å². The number of anilines is 1. The fourth-order valence-electron chi connectivity index (χ4n) is 2.50. The summed E-state index contributed by atoms with van der Waals surface area (Å²) >= 11 is 0. The molecule has 2 N–H and O–H groups in total. The van der Waals surface area contributed by atoms with Gasteiger partial charge in [-0.25, -0.2) is 4.79 Å². The second-order valence-electron chi connectivity index (χ2n) is 6.11. The largest absolute Gasteiger partial charge is 0.394 e. The Labute approximate surface area is 174 Å². The van der Waals surface area contributed by atoms with Crippen molar-refractivity contribution in [1.82, 2.24) is 9.55 Å². The van der Waals surface area contributed by atoms with Gasteiger partial charge < -0.3 is 24.2 Å². The van der Waals surface area contributed by atoms with E-state index in [1.807, 2.05) is 0 Å². The van der Waals surface area contributed by atoms with Crippen LogP contribution < -0.4 is 11.0 Å². The maximum atomic E-state index is 12.4. The fraction of sp³-hybridized carbons (Fsp3) is 0.421. The van der Waals surface area contributed by atoms with E-state index in [9.17, 15) is 19.3 Å². The van der Waals surface area contributed by atoms with Crippen molar-refractivity contribution in [2.75, 3.05) is 31.5 Å². The maximum absolute atomic E-state index is 12.4. The summed E-state index contributed by atoms with van der Waals surface area (Å²) in [6.45, 7) is 3.27. The second kappa shape index (κ2) is 11.7. The lowest BCUT2D eigenvalue weighted by atomic mass is 10.2. The van der Waals surface area contributed by atoms with Gasteiger partial charge in [0.1, 0.15) is 12.2 Å². The summed E-state index contributed by atoms with van der Waals surface area (Å²) in [6.07, 6.45) is 0.239. The number of hydrogen-bond donors (Lipinski definition) is 2. The number of hydrogen-bond acceptors (Lipinski definition) is 8. The van der Waals surface area contributed by atoms with Crippen LogP contribution in [0.15, 0.2) is 47.4 Å². The Kier molecular flexibility index (Phi) is 9.35. The first-order valence-electron chi connectivity index (χ1n) is 9.45. The van der Waals surface area contributed by atoms with Gasteiger partial charge in [0.15, 0.2) is 0 Å². The highest BCUT2D eigenvalue weighted by atomic mass is 31.2. The number of nitrogens with zero attached hydrogens (tertiary/aromatic N) is 2. The molecule has 0 aliphatic carbocycles. The molecule has 2 rings (SSSR count). The fourth-order valence-corrected chi connectivity index (χ4v) is 3.90. The molecular formula is C19H26N3O7P. The van der Waals surface area contributed by atoms with Crippen molar-refractivity contribution in [3.05, 3.63) is 58.6 Å². The van der Waals surface area contributed by atoms with Crippen molar-refractivity contribution in [3.8, 4) is 0 Å². The number of nitrogens with one attached hydrogen (secondary N) is 1. The van der Waals surface area contributed by atoms with Gasteiger partial charge in [0.25, 0.3) is 5.91 Å². The molecule has 0 unspecified atom stereocenters. The average Bonchev–Trinajstić information content (AvgIpc) is 2.73. The topological polar surface area (TPSA) is 129 Å². The molecule has 2 aromatic rings. The quantitative estimate of drug-likeness (QED) is 0.481. The summed E-state index contributed by atoms with van der Waals surface area (Å²) in [5, 5.41) is 12.1. The highest BCUT2D eigenvalue weighted by Crippen LogP contribution is 2.48. The molecular weight excluding hydrogens is 413 g/mol. The highest BCUT2D eigenvalue weighted by Gasteiger charge is 2.26. The molecule has 0 aliphatic heterocycles. The van der Waals surface area contributed by atoms with E-state index in [0.29, 0.717) is 5.56 Å². The number of aliphatic hydroxyl groups excluding tert-OH is 1. The van der Waals surface area contributed by atoms with E-state index in [4.69, 9.17) is 13.8 Å². The molecule has 0 radical (unpaired) electrons. The Morgan fingerprint density at radius 2 is 1.87 bits per heavy atom. The van der Waals surface area contributed by atoms with Crippen LogP contribution in [0, 0.1) is 0 Å². The Hall–Kier alpha value is -2.36. The van der Waals surface area contributed by atoms with Crippen LogP contribution in [0.2, 0.25) is 0 Å². The summed E-state index contributed by atoms with van der Waals surface area (Å²) in [6, 6.07) is 9.99. The summed E-state index contributed by atoms with van der Waals surface area (Å²) in [4.78, 5) is 28.3. The smallest absolute Gasteiger partial charge is 0.356 e. The van der Waals surface area contributed by atoms with Crippen molar-refractivity contribution in [2.24, 2.45) is 0 Å². The van der Waals surface area contributed by atoms with Crippen LogP contribution >= 0.6 is 7.60 Å². The maximum Gasteiger partial charge on any atom is 0.356 e. The molecule has 164 valence electrons. The van der Waals surface area contributed by atoms with Gasteiger partial charge in [0.2, 0.25) is 0 Å². The number of aromatic nitrogens is 2. The first kappa shape index (κ1) is 23.9.